The summed E-state index contributed by atoms with van der Waals surface area (Å²) in [6.07, 6.45) is 0. The summed E-state index contributed by atoms with van der Waals surface area (Å²) < 4.78 is 4.22. The maximum Gasteiger partial charge on any atom is 0.0514 e. The first-order valence-electron chi connectivity index (χ1n) is 3.44. The zero-order chi connectivity index (χ0) is 7.78. The minimum atomic E-state index is 0.270. The lowest BCUT2D eigenvalue weighted by Gasteiger charge is -2.13. The Balaban J connectivity index is 2.96. The topological polar surface area (TPSA) is 12.9 Å². The molecule has 1 nitrogen and oxygen atoms in total. The second kappa shape index (κ2) is 2.35. The lowest BCUT2D eigenvalue weighted by Crippen LogP contribution is -2.07. The van der Waals surface area contributed by atoms with Crippen LogP contribution in [0.25, 0.3) is 0 Å². The number of nitrogens with zero attached hydrogens (tertiary/aromatic N) is 1. The van der Waals surface area contributed by atoms with Crippen LogP contribution in [-0.2, 0) is 5.41 Å². The standard InChI is InChI=1S/C8H13NS/c1-6-5-7(10-9-6)8(2,3)4/h5H,1-4H3. The zero-order valence-corrected chi connectivity index (χ0v) is 7.75. The third-order valence-electron chi connectivity index (χ3n) is 1.37. The molecule has 0 aromatic carbocycles. The van der Waals surface area contributed by atoms with E-state index in [0.717, 1.165) is 5.69 Å². The molecule has 0 saturated carbocycles. The highest BCUT2D eigenvalue weighted by atomic mass is 32.1. The van der Waals surface area contributed by atoms with Gasteiger partial charge < -0.3 is 0 Å². The van der Waals surface area contributed by atoms with Gasteiger partial charge in [0.25, 0.3) is 0 Å². The molecule has 1 heterocycles. The molecule has 0 aliphatic rings. The van der Waals surface area contributed by atoms with Crippen molar-refractivity contribution in [1.29, 1.82) is 0 Å². The Labute approximate surface area is 66.3 Å². The van der Waals surface area contributed by atoms with Gasteiger partial charge in [-0.3, -0.25) is 0 Å². The van der Waals surface area contributed by atoms with Gasteiger partial charge in [-0.2, -0.15) is 4.37 Å². The molecule has 0 radical (unpaired) electrons. The van der Waals surface area contributed by atoms with Crippen LogP contribution in [0.1, 0.15) is 31.3 Å². The number of aromatic nitrogens is 1. The fourth-order valence-corrected chi connectivity index (χ4v) is 1.51. The van der Waals surface area contributed by atoms with Crippen molar-refractivity contribution in [3.8, 4) is 0 Å². The Morgan fingerprint density at radius 1 is 1.40 bits per heavy atom. The zero-order valence-electron chi connectivity index (χ0n) is 6.93. The Bertz CT molecular complexity index is 219. The van der Waals surface area contributed by atoms with E-state index < -0.39 is 0 Å². The van der Waals surface area contributed by atoms with Crippen LogP contribution >= 0.6 is 11.5 Å². The van der Waals surface area contributed by atoms with Crippen LogP contribution in [-0.4, -0.2) is 4.37 Å². The third-order valence-corrected chi connectivity index (χ3v) is 2.67. The maximum absolute atomic E-state index is 4.22. The highest BCUT2D eigenvalue weighted by Crippen LogP contribution is 2.25. The van der Waals surface area contributed by atoms with Crippen molar-refractivity contribution in [2.24, 2.45) is 0 Å². The molecule has 0 amide bonds. The lowest BCUT2D eigenvalue weighted by molar-refractivity contribution is 0.603. The lowest BCUT2D eigenvalue weighted by atomic mass is 9.95. The smallest absolute Gasteiger partial charge is 0.0514 e. The van der Waals surface area contributed by atoms with Crippen LogP contribution in [0.5, 0.6) is 0 Å². The molecule has 0 spiro atoms. The summed E-state index contributed by atoms with van der Waals surface area (Å²) in [4.78, 5) is 1.37. The highest BCUT2D eigenvalue weighted by Gasteiger charge is 2.15. The van der Waals surface area contributed by atoms with E-state index in [0.29, 0.717) is 0 Å². The minimum absolute atomic E-state index is 0.270. The van der Waals surface area contributed by atoms with E-state index in [2.05, 4.69) is 31.2 Å². The van der Waals surface area contributed by atoms with Gasteiger partial charge in [0.2, 0.25) is 0 Å². The summed E-state index contributed by atoms with van der Waals surface area (Å²) in [5.41, 5.74) is 1.40. The summed E-state index contributed by atoms with van der Waals surface area (Å²) in [7, 11) is 0. The Kier molecular flexibility index (Phi) is 1.82. The van der Waals surface area contributed by atoms with Gasteiger partial charge >= 0.3 is 0 Å². The van der Waals surface area contributed by atoms with Gasteiger partial charge in [-0.1, -0.05) is 20.8 Å². The fourth-order valence-electron chi connectivity index (χ4n) is 0.717. The van der Waals surface area contributed by atoms with Gasteiger partial charge in [-0.15, -0.1) is 0 Å². The summed E-state index contributed by atoms with van der Waals surface area (Å²) in [6, 6.07) is 2.16. The predicted molar refractivity (Wildman–Crippen MR) is 45.6 cm³/mol. The van der Waals surface area contributed by atoms with Crippen LogP contribution in [0.4, 0.5) is 0 Å². The summed E-state index contributed by atoms with van der Waals surface area (Å²) in [6.45, 7) is 8.66. The molecular weight excluding hydrogens is 142 g/mol. The predicted octanol–water partition coefficient (Wildman–Crippen LogP) is 2.75. The van der Waals surface area contributed by atoms with Gasteiger partial charge in [0.05, 0.1) is 5.69 Å². The molecule has 1 aromatic heterocycles. The number of aryl methyl sites for hydroxylation is 1. The van der Waals surface area contributed by atoms with E-state index in [1.807, 2.05) is 6.92 Å². The Morgan fingerprint density at radius 2 is 2.00 bits per heavy atom. The first kappa shape index (κ1) is 7.73. The molecule has 10 heavy (non-hydrogen) atoms. The van der Waals surface area contributed by atoms with Gasteiger partial charge in [0.1, 0.15) is 0 Å². The summed E-state index contributed by atoms with van der Waals surface area (Å²) in [5.74, 6) is 0. The highest BCUT2D eigenvalue weighted by molar-refractivity contribution is 7.06. The molecule has 0 N–H and O–H groups in total. The molecule has 0 atom stereocenters. The van der Waals surface area contributed by atoms with Crippen molar-refractivity contribution in [1.82, 2.24) is 4.37 Å². The molecule has 1 rings (SSSR count). The molecule has 56 valence electrons. The minimum Gasteiger partial charge on any atom is -0.198 e. The molecule has 2 heteroatoms. The molecule has 0 aliphatic carbocycles. The molecule has 0 fully saturated rings. The van der Waals surface area contributed by atoms with Crippen LogP contribution in [0.3, 0.4) is 0 Å². The third kappa shape index (κ3) is 1.57. The first-order chi connectivity index (χ1) is 4.50. The van der Waals surface area contributed by atoms with Crippen molar-refractivity contribution in [2.75, 3.05) is 0 Å². The van der Waals surface area contributed by atoms with E-state index in [-0.39, 0.29) is 5.41 Å². The van der Waals surface area contributed by atoms with Crippen molar-refractivity contribution in [3.63, 3.8) is 0 Å². The van der Waals surface area contributed by atoms with Crippen LogP contribution in [0.2, 0.25) is 0 Å². The van der Waals surface area contributed by atoms with Gasteiger partial charge in [0, 0.05) is 4.88 Å². The van der Waals surface area contributed by atoms with E-state index in [9.17, 15) is 0 Å². The first-order valence-corrected chi connectivity index (χ1v) is 4.21. The number of rotatable bonds is 0. The van der Waals surface area contributed by atoms with Gasteiger partial charge in [-0.25, -0.2) is 0 Å². The van der Waals surface area contributed by atoms with Crippen LogP contribution < -0.4 is 0 Å². The number of hydrogen-bond acceptors (Lipinski definition) is 2. The Hall–Kier alpha value is -0.370. The second-order valence-electron chi connectivity index (χ2n) is 3.58. The van der Waals surface area contributed by atoms with E-state index in [1.165, 1.54) is 4.88 Å². The molecular formula is C8H13NS. The van der Waals surface area contributed by atoms with Gasteiger partial charge in [0.15, 0.2) is 0 Å². The van der Waals surface area contributed by atoms with Crippen molar-refractivity contribution >= 4 is 11.5 Å². The van der Waals surface area contributed by atoms with E-state index >= 15 is 0 Å². The SMILES string of the molecule is Cc1cc(C(C)(C)C)sn1. The van der Waals surface area contributed by atoms with E-state index in [1.54, 1.807) is 11.5 Å². The van der Waals surface area contributed by atoms with Crippen LogP contribution in [0.15, 0.2) is 6.07 Å². The quantitative estimate of drug-likeness (QED) is 0.561. The largest absolute Gasteiger partial charge is 0.198 e. The van der Waals surface area contributed by atoms with Gasteiger partial charge in [-0.05, 0) is 29.9 Å². The normalized spacial score (nSPS) is 12.0. The summed E-state index contributed by atoms with van der Waals surface area (Å²) >= 11 is 1.61. The maximum atomic E-state index is 4.22. The van der Waals surface area contributed by atoms with Crippen LogP contribution in [0, 0.1) is 6.92 Å². The molecule has 0 bridgehead atoms. The van der Waals surface area contributed by atoms with Crippen molar-refractivity contribution < 1.29 is 0 Å². The van der Waals surface area contributed by atoms with Crippen molar-refractivity contribution in [2.45, 2.75) is 33.1 Å². The van der Waals surface area contributed by atoms with E-state index in [4.69, 9.17) is 0 Å². The average molecular weight is 155 g/mol. The fraction of sp³-hybridized carbons (Fsp3) is 0.625. The molecule has 1 aromatic rings. The summed E-state index contributed by atoms with van der Waals surface area (Å²) in [5, 5.41) is 0. The second-order valence-corrected chi connectivity index (χ2v) is 4.39. The molecule has 0 aliphatic heterocycles. The molecule has 0 saturated heterocycles. The Morgan fingerprint density at radius 3 is 2.20 bits per heavy atom. The number of hydrogen-bond donors (Lipinski definition) is 0. The monoisotopic (exact) mass is 155 g/mol. The average Bonchev–Trinajstić information content (AvgIpc) is 2.11. The van der Waals surface area contributed by atoms with Crippen molar-refractivity contribution in [3.05, 3.63) is 16.6 Å². The molecule has 0 unspecified atom stereocenters.